The lowest BCUT2D eigenvalue weighted by Crippen LogP contribution is -2.53. The standard InChI is InChI=1S/C17H22N4O/c1-17(2)8-4-9-18-15(17)16(22)20-13-6-3-5-12(11-13)14-7-10-19-21-14/h3,5-7,10-11,15,18H,4,8-9H2,1-2H3,(H,19,21)(H,20,22). The van der Waals surface area contributed by atoms with Crippen LogP contribution < -0.4 is 10.6 Å². The Labute approximate surface area is 130 Å². The van der Waals surface area contributed by atoms with Gasteiger partial charge in [0.1, 0.15) is 0 Å². The molecule has 0 radical (unpaired) electrons. The summed E-state index contributed by atoms with van der Waals surface area (Å²) in [6.07, 6.45) is 3.90. The number of amides is 1. The first kappa shape index (κ1) is 14.8. The van der Waals surface area contributed by atoms with Gasteiger partial charge in [0.25, 0.3) is 0 Å². The van der Waals surface area contributed by atoms with Gasteiger partial charge in [0.05, 0.1) is 11.7 Å². The molecule has 1 aliphatic heterocycles. The van der Waals surface area contributed by atoms with E-state index in [9.17, 15) is 4.79 Å². The SMILES string of the molecule is CC1(C)CCCNC1C(=O)Nc1cccc(-c2ccn[nH]2)c1. The molecule has 3 rings (SSSR count). The Morgan fingerprint density at radius 3 is 2.95 bits per heavy atom. The predicted octanol–water partition coefficient (Wildman–Crippen LogP) is 2.79. The van der Waals surface area contributed by atoms with Crippen LogP contribution in [0.4, 0.5) is 5.69 Å². The fourth-order valence-electron chi connectivity index (χ4n) is 3.05. The highest BCUT2D eigenvalue weighted by atomic mass is 16.2. The molecule has 1 saturated heterocycles. The van der Waals surface area contributed by atoms with Crippen LogP contribution in [0.25, 0.3) is 11.3 Å². The van der Waals surface area contributed by atoms with Gasteiger partial charge in [-0.25, -0.2) is 0 Å². The molecule has 22 heavy (non-hydrogen) atoms. The second-order valence-electron chi connectivity index (χ2n) is 6.52. The highest BCUT2D eigenvalue weighted by molar-refractivity contribution is 5.96. The Hall–Kier alpha value is -2.14. The van der Waals surface area contributed by atoms with Gasteiger partial charge >= 0.3 is 0 Å². The minimum Gasteiger partial charge on any atom is -0.325 e. The number of piperidine rings is 1. The summed E-state index contributed by atoms with van der Waals surface area (Å²) < 4.78 is 0. The highest BCUT2D eigenvalue weighted by Crippen LogP contribution is 2.31. The zero-order chi connectivity index (χ0) is 15.6. The van der Waals surface area contributed by atoms with Gasteiger partial charge in [-0.05, 0) is 43.0 Å². The molecule has 5 nitrogen and oxygen atoms in total. The molecule has 1 atom stereocenters. The van der Waals surface area contributed by atoms with Crippen molar-refractivity contribution in [2.75, 3.05) is 11.9 Å². The molecular weight excluding hydrogens is 276 g/mol. The van der Waals surface area contributed by atoms with Gasteiger partial charge < -0.3 is 10.6 Å². The number of aromatic amines is 1. The van der Waals surface area contributed by atoms with Crippen LogP contribution >= 0.6 is 0 Å². The molecule has 2 heterocycles. The molecule has 116 valence electrons. The summed E-state index contributed by atoms with van der Waals surface area (Å²) in [5, 5.41) is 13.3. The van der Waals surface area contributed by atoms with E-state index >= 15 is 0 Å². The van der Waals surface area contributed by atoms with Gasteiger partial charge in [0.15, 0.2) is 0 Å². The molecule has 0 spiro atoms. The maximum Gasteiger partial charge on any atom is 0.242 e. The van der Waals surface area contributed by atoms with E-state index in [1.807, 2.05) is 30.3 Å². The summed E-state index contributed by atoms with van der Waals surface area (Å²) in [6, 6.07) is 9.55. The average Bonchev–Trinajstić information content (AvgIpc) is 3.01. The summed E-state index contributed by atoms with van der Waals surface area (Å²) in [5.41, 5.74) is 2.72. The minimum atomic E-state index is -0.155. The smallest absolute Gasteiger partial charge is 0.242 e. The lowest BCUT2D eigenvalue weighted by molar-refractivity contribution is -0.121. The van der Waals surface area contributed by atoms with Crippen LogP contribution in [-0.4, -0.2) is 28.7 Å². The molecular formula is C17H22N4O. The molecule has 1 fully saturated rings. The van der Waals surface area contributed by atoms with Crippen molar-refractivity contribution >= 4 is 11.6 Å². The molecule has 0 saturated carbocycles. The average molecular weight is 298 g/mol. The van der Waals surface area contributed by atoms with Gasteiger partial charge in [-0.3, -0.25) is 9.89 Å². The first-order valence-electron chi connectivity index (χ1n) is 7.70. The van der Waals surface area contributed by atoms with Crippen LogP contribution in [-0.2, 0) is 4.79 Å². The van der Waals surface area contributed by atoms with Gasteiger partial charge in [-0.2, -0.15) is 5.10 Å². The monoisotopic (exact) mass is 298 g/mol. The molecule has 5 heteroatoms. The molecule has 1 unspecified atom stereocenters. The number of benzene rings is 1. The zero-order valence-electron chi connectivity index (χ0n) is 13.0. The van der Waals surface area contributed by atoms with E-state index in [1.54, 1.807) is 6.20 Å². The van der Waals surface area contributed by atoms with Crippen LogP contribution in [0.15, 0.2) is 36.5 Å². The van der Waals surface area contributed by atoms with E-state index in [0.29, 0.717) is 0 Å². The number of aromatic nitrogens is 2. The number of carbonyl (C=O) groups excluding carboxylic acids is 1. The number of rotatable bonds is 3. The van der Waals surface area contributed by atoms with Gasteiger partial charge in [0.2, 0.25) is 5.91 Å². The first-order valence-corrected chi connectivity index (χ1v) is 7.70. The summed E-state index contributed by atoms with van der Waals surface area (Å²) in [4.78, 5) is 12.6. The number of nitrogens with zero attached hydrogens (tertiary/aromatic N) is 1. The number of hydrogen-bond donors (Lipinski definition) is 3. The minimum absolute atomic E-state index is 0.0245. The quantitative estimate of drug-likeness (QED) is 0.816. The fourth-order valence-corrected chi connectivity index (χ4v) is 3.05. The van der Waals surface area contributed by atoms with E-state index in [-0.39, 0.29) is 17.4 Å². The second kappa shape index (κ2) is 5.93. The van der Waals surface area contributed by atoms with E-state index in [2.05, 4.69) is 34.7 Å². The van der Waals surface area contributed by atoms with Crippen molar-refractivity contribution in [2.24, 2.45) is 5.41 Å². The fraction of sp³-hybridized carbons (Fsp3) is 0.412. The largest absolute Gasteiger partial charge is 0.325 e. The topological polar surface area (TPSA) is 69.8 Å². The summed E-state index contributed by atoms with van der Waals surface area (Å²) in [6.45, 7) is 5.19. The maximum absolute atomic E-state index is 12.6. The molecule has 1 aromatic carbocycles. The maximum atomic E-state index is 12.6. The summed E-state index contributed by atoms with van der Waals surface area (Å²) >= 11 is 0. The van der Waals surface area contributed by atoms with Crippen LogP contribution in [0.1, 0.15) is 26.7 Å². The van der Waals surface area contributed by atoms with Crippen molar-refractivity contribution in [1.29, 1.82) is 0 Å². The Kier molecular flexibility index (Phi) is 3.98. The van der Waals surface area contributed by atoms with E-state index < -0.39 is 0 Å². The number of H-pyrrole nitrogens is 1. The third-order valence-corrected chi connectivity index (χ3v) is 4.33. The third kappa shape index (κ3) is 3.04. The molecule has 0 bridgehead atoms. The summed E-state index contributed by atoms with van der Waals surface area (Å²) in [5.74, 6) is 0.0338. The Balaban J connectivity index is 1.75. The molecule has 0 aliphatic carbocycles. The van der Waals surface area contributed by atoms with E-state index in [0.717, 1.165) is 36.3 Å². The van der Waals surface area contributed by atoms with E-state index in [1.165, 1.54) is 0 Å². The van der Waals surface area contributed by atoms with Crippen molar-refractivity contribution in [2.45, 2.75) is 32.7 Å². The van der Waals surface area contributed by atoms with Gasteiger partial charge in [0, 0.05) is 17.4 Å². The molecule has 2 aromatic rings. The predicted molar refractivity (Wildman–Crippen MR) is 87.5 cm³/mol. The van der Waals surface area contributed by atoms with Crippen molar-refractivity contribution in [1.82, 2.24) is 15.5 Å². The van der Waals surface area contributed by atoms with Gasteiger partial charge in [-0.15, -0.1) is 0 Å². The number of anilines is 1. The zero-order valence-corrected chi connectivity index (χ0v) is 13.0. The van der Waals surface area contributed by atoms with Crippen LogP contribution in [0.2, 0.25) is 0 Å². The molecule has 3 N–H and O–H groups in total. The van der Waals surface area contributed by atoms with Crippen molar-refractivity contribution in [3.63, 3.8) is 0 Å². The van der Waals surface area contributed by atoms with Crippen molar-refractivity contribution in [3.8, 4) is 11.3 Å². The van der Waals surface area contributed by atoms with Crippen LogP contribution in [0.3, 0.4) is 0 Å². The third-order valence-electron chi connectivity index (χ3n) is 4.33. The van der Waals surface area contributed by atoms with E-state index in [4.69, 9.17) is 0 Å². The Morgan fingerprint density at radius 1 is 1.36 bits per heavy atom. The molecule has 1 aromatic heterocycles. The lowest BCUT2D eigenvalue weighted by Gasteiger charge is -2.38. The van der Waals surface area contributed by atoms with Gasteiger partial charge in [-0.1, -0.05) is 26.0 Å². The van der Waals surface area contributed by atoms with Crippen LogP contribution in [0.5, 0.6) is 0 Å². The normalized spacial score (nSPS) is 20.5. The lowest BCUT2D eigenvalue weighted by atomic mass is 9.77. The first-order chi connectivity index (χ1) is 10.6. The Bertz CT molecular complexity index is 648. The van der Waals surface area contributed by atoms with Crippen molar-refractivity contribution in [3.05, 3.63) is 36.5 Å². The molecule has 1 aliphatic rings. The van der Waals surface area contributed by atoms with Crippen LogP contribution in [0, 0.1) is 5.41 Å². The number of carbonyl (C=O) groups is 1. The number of hydrogen-bond acceptors (Lipinski definition) is 3. The number of nitrogens with one attached hydrogen (secondary N) is 3. The summed E-state index contributed by atoms with van der Waals surface area (Å²) in [7, 11) is 0. The Morgan fingerprint density at radius 2 is 2.23 bits per heavy atom. The highest BCUT2D eigenvalue weighted by Gasteiger charge is 2.37. The van der Waals surface area contributed by atoms with Crippen molar-refractivity contribution < 1.29 is 4.79 Å². The second-order valence-corrected chi connectivity index (χ2v) is 6.52. The molecule has 1 amide bonds.